The van der Waals surface area contributed by atoms with E-state index < -0.39 is 4.92 Å². The molecule has 8 heteroatoms. The third kappa shape index (κ3) is 2.67. The minimum Gasteiger partial charge on any atom is -0.422 e. The first-order valence-electron chi connectivity index (χ1n) is 7.92. The van der Waals surface area contributed by atoms with Crippen LogP contribution < -0.4 is 5.56 Å². The van der Waals surface area contributed by atoms with Crippen LogP contribution in [0.25, 0.3) is 17.1 Å². The molecule has 4 rings (SSSR count). The molecule has 2 heterocycles. The number of hydrogen-bond acceptors (Lipinski definition) is 5. The van der Waals surface area contributed by atoms with E-state index in [2.05, 4.69) is 10.1 Å². The highest BCUT2D eigenvalue weighted by atomic mass is 16.6. The van der Waals surface area contributed by atoms with Crippen LogP contribution >= 0.6 is 0 Å². The Balaban J connectivity index is 1.70. The number of fused-ring (bicyclic) bond motifs is 1. The number of para-hydroxylation sites is 2. The van der Waals surface area contributed by atoms with Crippen LogP contribution in [-0.2, 0) is 6.42 Å². The van der Waals surface area contributed by atoms with Crippen molar-refractivity contribution >= 4 is 16.8 Å². The first-order chi connectivity index (χ1) is 12.5. The number of H-pyrrole nitrogens is 1. The Bertz CT molecular complexity index is 1140. The van der Waals surface area contributed by atoms with Crippen molar-refractivity contribution in [3.63, 3.8) is 0 Å². The highest BCUT2D eigenvalue weighted by molar-refractivity contribution is 5.73. The van der Waals surface area contributed by atoms with Crippen LogP contribution in [0.4, 0.5) is 5.69 Å². The average Bonchev–Trinajstić information content (AvgIpc) is 3.18. The van der Waals surface area contributed by atoms with Crippen molar-refractivity contribution in [1.82, 2.24) is 14.8 Å². The predicted molar refractivity (Wildman–Crippen MR) is 94.6 cm³/mol. The van der Waals surface area contributed by atoms with Gasteiger partial charge in [0.25, 0.3) is 11.2 Å². The number of oxazole rings is 1. The number of non-ortho nitro benzene ring substituents is 1. The molecule has 1 N–H and O–H groups in total. The summed E-state index contributed by atoms with van der Waals surface area (Å²) in [5.41, 5.74) is 3.07. The molecular formula is C18H14N4O4. The van der Waals surface area contributed by atoms with Gasteiger partial charge in [-0.1, -0.05) is 24.3 Å². The minimum absolute atomic E-state index is 0.0171. The monoisotopic (exact) mass is 350 g/mol. The summed E-state index contributed by atoms with van der Waals surface area (Å²) in [7, 11) is 0. The third-order valence-electron chi connectivity index (χ3n) is 4.20. The second-order valence-corrected chi connectivity index (χ2v) is 5.92. The molecule has 0 spiro atoms. The van der Waals surface area contributed by atoms with E-state index in [4.69, 9.17) is 4.42 Å². The van der Waals surface area contributed by atoms with Crippen molar-refractivity contribution in [3.05, 3.63) is 85.8 Å². The van der Waals surface area contributed by atoms with Crippen LogP contribution in [0.2, 0.25) is 0 Å². The van der Waals surface area contributed by atoms with Gasteiger partial charge in [-0.2, -0.15) is 9.67 Å². The molecule has 0 aliphatic rings. The van der Waals surface area contributed by atoms with Crippen LogP contribution in [0.5, 0.6) is 0 Å². The lowest BCUT2D eigenvalue weighted by Crippen LogP contribution is -2.17. The number of aromatic nitrogens is 3. The number of hydrogen-bond donors (Lipinski definition) is 1. The normalized spacial score (nSPS) is 11.1. The summed E-state index contributed by atoms with van der Waals surface area (Å²) in [5, 5.41) is 13.7. The smallest absolute Gasteiger partial charge is 0.325 e. The summed E-state index contributed by atoms with van der Waals surface area (Å²) in [6, 6.07) is 13.6. The third-order valence-corrected chi connectivity index (χ3v) is 4.20. The van der Waals surface area contributed by atoms with E-state index in [0.29, 0.717) is 28.8 Å². The van der Waals surface area contributed by atoms with Crippen LogP contribution in [0, 0.1) is 17.0 Å². The highest BCUT2D eigenvalue weighted by Gasteiger charge is 2.17. The highest BCUT2D eigenvalue weighted by Crippen LogP contribution is 2.18. The molecule has 8 nitrogen and oxygen atoms in total. The van der Waals surface area contributed by atoms with Crippen molar-refractivity contribution in [2.75, 3.05) is 0 Å². The zero-order valence-electron chi connectivity index (χ0n) is 13.8. The second kappa shape index (κ2) is 5.99. The molecule has 0 saturated carbocycles. The van der Waals surface area contributed by atoms with E-state index in [1.54, 1.807) is 31.2 Å². The number of aromatic amines is 1. The van der Waals surface area contributed by atoms with E-state index in [1.165, 1.54) is 16.8 Å². The van der Waals surface area contributed by atoms with E-state index in [9.17, 15) is 14.9 Å². The van der Waals surface area contributed by atoms with E-state index in [-0.39, 0.29) is 17.3 Å². The van der Waals surface area contributed by atoms with Gasteiger partial charge < -0.3 is 4.42 Å². The van der Waals surface area contributed by atoms with Gasteiger partial charge in [0, 0.05) is 29.8 Å². The Hall–Kier alpha value is -3.68. The Morgan fingerprint density at radius 1 is 1.19 bits per heavy atom. The van der Waals surface area contributed by atoms with Gasteiger partial charge in [-0.3, -0.25) is 20.0 Å². The molecule has 0 fully saturated rings. The summed E-state index contributed by atoms with van der Waals surface area (Å²) in [4.78, 5) is 27.4. The van der Waals surface area contributed by atoms with Gasteiger partial charge in [0.15, 0.2) is 5.58 Å². The summed E-state index contributed by atoms with van der Waals surface area (Å²) in [6.07, 6.45) is 0.354. The Morgan fingerprint density at radius 2 is 1.92 bits per heavy atom. The molecule has 0 radical (unpaired) electrons. The zero-order valence-corrected chi connectivity index (χ0v) is 13.8. The number of nitrogens with zero attached hydrogens (tertiary/aromatic N) is 3. The molecule has 4 aromatic rings. The number of rotatable bonds is 4. The van der Waals surface area contributed by atoms with Gasteiger partial charge in [-0.15, -0.1) is 0 Å². The van der Waals surface area contributed by atoms with Gasteiger partial charge >= 0.3 is 6.01 Å². The molecule has 2 aromatic carbocycles. The van der Waals surface area contributed by atoms with Gasteiger partial charge in [0.1, 0.15) is 5.52 Å². The lowest BCUT2D eigenvalue weighted by atomic mass is 10.1. The average molecular weight is 350 g/mol. The number of aryl methyl sites for hydroxylation is 1. The van der Waals surface area contributed by atoms with Gasteiger partial charge in [0.05, 0.1) is 4.92 Å². The Morgan fingerprint density at radius 3 is 2.62 bits per heavy atom. The second-order valence-electron chi connectivity index (χ2n) is 5.92. The fourth-order valence-electron chi connectivity index (χ4n) is 2.82. The molecule has 0 amide bonds. The molecule has 26 heavy (non-hydrogen) atoms. The maximum Gasteiger partial charge on any atom is 0.325 e. The molecule has 2 aromatic heterocycles. The Labute approximate surface area is 146 Å². The van der Waals surface area contributed by atoms with E-state index in [0.717, 1.165) is 5.56 Å². The van der Waals surface area contributed by atoms with Crippen LogP contribution in [0.15, 0.2) is 57.7 Å². The fourth-order valence-corrected chi connectivity index (χ4v) is 2.82. The molecule has 0 aliphatic carbocycles. The lowest BCUT2D eigenvalue weighted by molar-refractivity contribution is -0.384. The standard InChI is InChI=1S/C18H14N4O4/c1-11-14(10-12-6-8-13(9-7-12)22(24)25)17(23)21(20-11)18-19-15-4-2-3-5-16(15)26-18/h2-9,20H,10H2,1H3. The summed E-state index contributed by atoms with van der Waals surface area (Å²) in [5.74, 6) is 0. The molecule has 0 atom stereocenters. The van der Waals surface area contributed by atoms with Gasteiger partial charge in [0.2, 0.25) is 0 Å². The quantitative estimate of drug-likeness (QED) is 0.449. The van der Waals surface area contributed by atoms with Crippen molar-refractivity contribution in [2.24, 2.45) is 0 Å². The van der Waals surface area contributed by atoms with E-state index >= 15 is 0 Å². The largest absolute Gasteiger partial charge is 0.422 e. The Kier molecular flexibility index (Phi) is 3.65. The molecule has 130 valence electrons. The van der Waals surface area contributed by atoms with Crippen molar-refractivity contribution in [1.29, 1.82) is 0 Å². The van der Waals surface area contributed by atoms with Crippen molar-refractivity contribution < 1.29 is 9.34 Å². The van der Waals surface area contributed by atoms with Crippen LogP contribution in [0.3, 0.4) is 0 Å². The molecule has 0 saturated heterocycles. The van der Waals surface area contributed by atoms with Crippen LogP contribution in [-0.4, -0.2) is 19.7 Å². The first kappa shape index (κ1) is 15.8. The molecule has 0 unspecified atom stereocenters. The number of nitro groups is 1. The molecule has 0 aliphatic heterocycles. The topological polar surface area (TPSA) is 107 Å². The molecule has 0 bridgehead atoms. The van der Waals surface area contributed by atoms with Gasteiger partial charge in [-0.25, -0.2) is 0 Å². The lowest BCUT2D eigenvalue weighted by Gasteiger charge is -1.99. The van der Waals surface area contributed by atoms with Crippen molar-refractivity contribution in [3.8, 4) is 6.01 Å². The summed E-state index contributed by atoms with van der Waals surface area (Å²) >= 11 is 0. The fraction of sp³-hybridized carbons (Fsp3) is 0.111. The zero-order chi connectivity index (χ0) is 18.3. The van der Waals surface area contributed by atoms with E-state index in [1.807, 2.05) is 12.1 Å². The van der Waals surface area contributed by atoms with Crippen LogP contribution in [0.1, 0.15) is 16.8 Å². The number of benzene rings is 2. The predicted octanol–water partition coefficient (Wildman–Crippen LogP) is 3.11. The maximum atomic E-state index is 12.8. The maximum absolute atomic E-state index is 12.8. The summed E-state index contributed by atoms with van der Waals surface area (Å²) < 4.78 is 6.92. The minimum atomic E-state index is -0.453. The number of nitro benzene ring substituents is 1. The summed E-state index contributed by atoms with van der Waals surface area (Å²) in [6.45, 7) is 1.79. The molecular weight excluding hydrogens is 336 g/mol. The number of nitrogens with one attached hydrogen (secondary N) is 1. The SMILES string of the molecule is Cc1[nH]n(-c2nc3ccccc3o2)c(=O)c1Cc1ccc([N+](=O)[O-])cc1. The van der Waals surface area contributed by atoms with Crippen molar-refractivity contribution in [2.45, 2.75) is 13.3 Å². The van der Waals surface area contributed by atoms with Gasteiger partial charge in [-0.05, 0) is 24.6 Å². The first-order valence-corrected chi connectivity index (χ1v) is 7.92.